The van der Waals surface area contributed by atoms with Crippen molar-refractivity contribution in [3.8, 4) is 0 Å². The van der Waals surface area contributed by atoms with E-state index in [2.05, 4.69) is 39.5 Å². The van der Waals surface area contributed by atoms with Crippen molar-refractivity contribution in [1.82, 2.24) is 0 Å². The molecule has 7 atom stereocenters. The molecular formula is C27H44O4. The monoisotopic (exact) mass is 432 g/mol. The summed E-state index contributed by atoms with van der Waals surface area (Å²) >= 11 is 0. The summed E-state index contributed by atoms with van der Waals surface area (Å²) in [5.74, 6) is 1.03. The van der Waals surface area contributed by atoms with Crippen molar-refractivity contribution in [2.45, 2.75) is 109 Å². The molecule has 0 aliphatic heterocycles. The standard InChI is InChI=1S/C27H44O4/c1-17(2)13-22(29)16-27(5,31)25-11-10-23-19(7-6-12-26(23,25)4)8-9-20-14-21(28)15-24(30)18(20)3/h8-9,17,21-25,28-31H,3,6-7,10-16H2,1-2,4-5H3/t21-,22?,23?,24?,25+,26+,27+/m1/s1. The number of aliphatic hydroxyl groups excluding tert-OH is 3. The zero-order valence-corrected chi connectivity index (χ0v) is 20.0. The van der Waals surface area contributed by atoms with E-state index < -0.39 is 23.9 Å². The summed E-state index contributed by atoms with van der Waals surface area (Å²) in [4.78, 5) is 0. The van der Waals surface area contributed by atoms with E-state index in [9.17, 15) is 20.4 Å². The van der Waals surface area contributed by atoms with Gasteiger partial charge in [0.15, 0.2) is 0 Å². The van der Waals surface area contributed by atoms with Crippen molar-refractivity contribution < 1.29 is 20.4 Å². The maximum atomic E-state index is 11.5. The first kappa shape index (κ1) is 24.7. The van der Waals surface area contributed by atoms with Gasteiger partial charge in [-0.25, -0.2) is 0 Å². The second-order valence-electron chi connectivity index (χ2n) is 11.5. The first-order valence-electron chi connectivity index (χ1n) is 12.3. The Bertz CT molecular complexity index is 719. The molecule has 4 nitrogen and oxygen atoms in total. The van der Waals surface area contributed by atoms with Crippen LogP contribution in [0.1, 0.15) is 85.5 Å². The average molecular weight is 433 g/mol. The lowest BCUT2D eigenvalue weighted by molar-refractivity contribution is -0.0867. The summed E-state index contributed by atoms with van der Waals surface area (Å²) in [5, 5.41) is 42.1. The van der Waals surface area contributed by atoms with Gasteiger partial charge in [0, 0.05) is 12.8 Å². The summed E-state index contributed by atoms with van der Waals surface area (Å²) < 4.78 is 0. The molecule has 0 heterocycles. The van der Waals surface area contributed by atoms with Gasteiger partial charge in [0.2, 0.25) is 0 Å². The van der Waals surface area contributed by atoms with Crippen molar-refractivity contribution in [2.75, 3.05) is 0 Å². The maximum absolute atomic E-state index is 11.5. The number of aliphatic hydroxyl groups is 4. The van der Waals surface area contributed by atoms with E-state index >= 15 is 0 Å². The third kappa shape index (κ3) is 5.35. The van der Waals surface area contributed by atoms with Crippen LogP contribution in [-0.2, 0) is 0 Å². The Hall–Kier alpha value is -0.940. The fourth-order valence-corrected chi connectivity index (χ4v) is 6.97. The van der Waals surface area contributed by atoms with Gasteiger partial charge >= 0.3 is 0 Å². The minimum absolute atomic E-state index is 0.0340. The minimum Gasteiger partial charge on any atom is -0.393 e. The summed E-state index contributed by atoms with van der Waals surface area (Å²) in [6.07, 6.45) is 10.1. The van der Waals surface area contributed by atoms with Crippen LogP contribution in [-0.4, -0.2) is 44.3 Å². The van der Waals surface area contributed by atoms with Crippen LogP contribution in [0, 0.1) is 23.2 Å². The fourth-order valence-electron chi connectivity index (χ4n) is 6.97. The van der Waals surface area contributed by atoms with Crippen LogP contribution in [0.2, 0.25) is 0 Å². The Morgan fingerprint density at radius 2 is 1.94 bits per heavy atom. The lowest BCUT2D eigenvalue weighted by Crippen LogP contribution is -2.47. The average Bonchev–Trinajstić information content (AvgIpc) is 3.00. The second-order valence-corrected chi connectivity index (χ2v) is 11.5. The fraction of sp³-hybridized carbons (Fsp3) is 0.778. The van der Waals surface area contributed by atoms with Crippen LogP contribution < -0.4 is 0 Å². The molecule has 31 heavy (non-hydrogen) atoms. The van der Waals surface area contributed by atoms with Gasteiger partial charge in [-0.3, -0.25) is 0 Å². The van der Waals surface area contributed by atoms with Crippen molar-refractivity contribution in [3.05, 3.63) is 35.5 Å². The highest BCUT2D eigenvalue weighted by Crippen LogP contribution is 2.60. The van der Waals surface area contributed by atoms with Gasteiger partial charge in [-0.2, -0.15) is 0 Å². The lowest BCUT2D eigenvalue weighted by Gasteiger charge is -2.47. The predicted molar refractivity (Wildman–Crippen MR) is 125 cm³/mol. The van der Waals surface area contributed by atoms with Crippen molar-refractivity contribution >= 4 is 0 Å². The molecule has 3 fully saturated rings. The van der Waals surface area contributed by atoms with E-state index in [-0.39, 0.29) is 11.3 Å². The molecule has 0 aromatic rings. The minimum atomic E-state index is -0.870. The van der Waals surface area contributed by atoms with Crippen LogP contribution >= 0.6 is 0 Å². The van der Waals surface area contributed by atoms with Gasteiger partial charge in [0.25, 0.3) is 0 Å². The molecule has 0 bridgehead atoms. The van der Waals surface area contributed by atoms with E-state index in [1.165, 1.54) is 5.57 Å². The van der Waals surface area contributed by atoms with E-state index in [0.29, 0.717) is 31.1 Å². The second kappa shape index (κ2) is 9.51. The molecule has 3 rings (SSSR count). The van der Waals surface area contributed by atoms with E-state index in [1.807, 2.05) is 6.92 Å². The Kier molecular flexibility index (Phi) is 7.57. The van der Waals surface area contributed by atoms with Crippen molar-refractivity contribution in [2.24, 2.45) is 23.2 Å². The smallest absolute Gasteiger partial charge is 0.0811 e. The predicted octanol–water partition coefficient (Wildman–Crippen LogP) is 4.68. The normalized spacial score (nSPS) is 39.7. The molecule has 0 aromatic heterocycles. The number of rotatable bonds is 6. The van der Waals surface area contributed by atoms with E-state index in [1.54, 1.807) is 0 Å². The Balaban J connectivity index is 1.78. The molecule has 0 spiro atoms. The highest BCUT2D eigenvalue weighted by molar-refractivity contribution is 5.38. The zero-order valence-electron chi connectivity index (χ0n) is 20.0. The van der Waals surface area contributed by atoms with Gasteiger partial charge in [0.05, 0.1) is 23.9 Å². The Morgan fingerprint density at radius 3 is 2.61 bits per heavy atom. The number of hydrogen-bond donors (Lipinski definition) is 4. The molecule has 3 aliphatic carbocycles. The maximum Gasteiger partial charge on any atom is 0.0811 e. The molecule has 4 N–H and O–H groups in total. The molecule has 3 aliphatic rings. The first-order valence-corrected chi connectivity index (χ1v) is 12.3. The third-order valence-corrected chi connectivity index (χ3v) is 8.37. The largest absolute Gasteiger partial charge is 0.393 e. The van der Waals surface area contributed by atoms with E-state index in [0.717, 1.165) is 49.7 Å². The van der Waals surface area contributed by atoms with Crippen LogP contribution in [0.25, 0.3) is 0 Å². The van der Waals surface area contributed by atoms with Crippen LogP contribution in [0.5, 0.6) is 0 Å². The van der Waals surface area contributed by atoms with E-state index in [4.69, 9.17) is 0 Å². The van der Waals surface area contributed by atoms with Gasteiger partial charge in [-0.1, -0.05) is 45.1 Å². The van der Waals surface area contributed by atoms with Crippen molar-refractivity contribution in [3.63, 3.8) is 0 Å². The zero-order chi connectivity index (χ0) is 23.0. The highest BCUT2D eigenvalue weighted by atomic mass is 16.3. The van der Waals surface area contributed by atoms with Gasteiger partial charge in [-0.15, -0.1) is 0 Å². The van der Waals surface area contributed by atoms with Gasteiger partial charge in [0.1, 0.15) is 0 Å². The molecule has 0 amide bonds. The Morgan fingerprint density at radius 1 is 1.23 bits per heavy atom. The topological polar surface area (TPSA) is 80.9 Å². The lowest BCUT2D eigenvalue weighted by atomic mass is 9.59. The molecule has 0 radical (unpaired) electrons. The summed E-state index contributed by atoms with van der Waals surface area (Å²) in [7, 11) is 0. The summed E-state index contributed by atoms with van der Waals surface area (Å²) in [6, 6.07) is 0. The first-order chi connectivity index (χ1) is 14.4. The SMILES string of the molecule is C=C1C(=CC=C2CCC[C@@]3(C)C2CC[C@@H]3[C@@](C)(O)CC(O)CC(C)C)C[C@@H](O)CC1O. The number of hydrogen-bond acceptors (Lipinski definition) is 4. The number of fused-ring (bicyclic) bond motifs is 1. The quantitative estimate of drug-likeness (QED) is 0.491. The molecular weight excluding hydrogens is 388 g/mol. The molecule has 176 valence electrons. The molecule has 3 unspecified atom stereocenters. The molecule has 0 aromatic carbocycles. The summed E-state index contributed by atoms with van der Waals surface area (Å²) in [5.41, 5.74) is 2.26. The molecule has 0 saturated heterocycles. The third-order valence-electron chi connectivity index (χ3n) is 8.37. The Labute approximate surface area is 188 Å². The molecule has 4 heteroatoms. The molecule has 3 saturated carbocycles. The number of allylic oxidation sites excluding steroid dienone is 3. The highest BCUT2D eigenvalue weighted by Gasteiger charge is 2.55. The van der Waals surface area contributed by atoms with Gasteiger partial charge in [-0.05, 0) is 86.2 Å². The van der Waals surface area contributed by atoms with Crippen molar-refractivity contribution in [1.29, 1.82) is 0 Å². The van der Waals surface area contributed by atoms with Gasteiger partial charge < -0.3 is 20.4 Å². The summed E-state index contributed by atoms with van der Waals surface area (Å²) in [6.45, 7) is 12.5. The van der Waals surface area contributed by atoms with Crippen LogP contribution in [0.4, 0.5) is 0 Å². The van der Waals surface area contributed by atoms with Crippen LogP contribution in [0.3, 0.4) is 0 Å². The van der Waals surface area contributed by atoms with Crippen LogP contribution in [0.15, 0.2) is 35.5 Å².